The van der Waals surface area contributed by atoms with E-state index >= 15 is 0 Å². The van der Waals surface area contributed by atoms with Gasteiger partial charge in [0.15, 0.2) is 0 Å². The number of carbonyl (C=O) groups is 7. The first kappa shape index (κ1) is 68.0. The summed E-state index contributed by atoms with van der Waals surface area (Å²) >= 11 is 0. The van der Waals surface area contributed by atoms with Crippen LogP contribution in [0.2, 0.25) is 0 Å². The number of anilines is 4. The third-order valence-corrected chi connectivity index (χ3v) is 7.82. The van der Waals surface area contributed by atoms with Crippen LogP contribution in [0.1, 0.15) is 118 Å². The van der Waals surface area contributed by atoms with Gasteiger partial charge in [0.1, 0.15) is 16.8 Å². The Labute approximate surface area is 423 Å². The molecule has 0 heterocycles. The minimum atomic E-state index is -0.639. The van der Waals surface area contributed by atoms with Crippen LogP contribution >= 0.6 is 0 Å². The van der Waals surface area contributed by atoms with Gasteiger partial charge in [-0.1, -0.05) is 31.7 Å². The molecule has 396 valence electrons. The maximum absolute atomic E-state index is 11.9. The summed E-state index contributed by atoms with van der Waals surface area (Å²) in [7, 11) is 7.09. The average Bonchev–Trinajstić information content (AvgIpc) is 3.29. The number of nitriles is 1. The Morgan fingerprint density at radius 2 is 0.903 bits per heavy atom. The second kappa shape index (κ2) is 32.6. The second-order valence-electron chi connectivity index (χ2n) is 17.2. The van der Waals surface area contributed by atoms with Gasteiger partial charge in [-0.25, -0.2) is 34.2 Å². The summed E-state index contributed by atoms with van der Waals surface area (Å²) in [5.41, 5.74) is 8.84. The van der Waals surface area contributed by atoms with Crippen molar-refractivity contribution in [2.45, 2.75) is 93.5 Å². The van der Waals surface area contributed by atoms with E-state index in [0.29, 0.717) is 39.4 Å². The zero-order chi connectivity index (χ0) is 54.0. The molecule has 0 bridgehead atoms. The van der Waals surface area contributed by atoms with Crippen molar-refractivity contribution in [3.8, 4) is 6.07 Å². The van der Waals surface area contributed by atoms with E-state index in [1.165, 1.54) is 56.3 Å². The van der Waals surface area contributed by atoms with E-state index in [1.54, 1.807) is 167 Å². The Morgan fingerprint density at radius 1 is 0.569 bits per heavy atom. The van der Waals surface area contributed by atoms with Gasteiger partial charge < -0.3 is 40.3 Å². The lowest BCUT2D eigenvalue weighted by molar-refractivity contribution is 0.0577. The molecule has 0 spiro atoms. The van der Waals surface area contributed by atoms with Crippen molar-refractivity contribution in [1.82, 2.24) is 11.6 Å². The molecule has 72 heavy (non-hydrogen) atoms. The maximum Gasteiger partial charge on any atom is 0.414 e. The predicted molar refractivity (Wildman–Crippen MR) is 276 cm³/mol. The number of hydrogen-bond acceptors (Lipinski definition) is 17. The van der Waals surface area contributed by atoms with Crippen molar-refractivity contribution < 1.29 is 67.2 Å². The number of nitrogens with one attached hydrogen (secondary N) is 2. The standard InChI is InChI=1S/C14H19NO4.C13H18N2O4.C13H17NO4.C8H9NO2.C2H3N.CH4.H3N/c1-14(2,3)19-13(17)15(4)11-8-6-7-10(9-11)12(16)18-5;1-13(2,3)19-12(17)15(4)10-7-5-6-9(8-10)11(16)14-18;1-13(2,3)18-12(16)14-10-7-5-6-9(8-10)11(15)17-4;1-11-8(10)6-3-2-4-7(9)5-6;1-2-3;;/h6-9H,1-5H3;5-8,18H,1-4H3,(H,14,16);5-8H,1-4H3,(H,14,16);2-5H,9H2,1H3;1H3;1H4;1H3. The summed E-state index contributed by atoms with van der Waals surface area (Å²) in [6, 6.07) is 27.7. The van der Waals surface area contributed by atoms with Gasteiger partial charge in [0.25, 0.3) is 5.91 Å². The number of benzene rings is 4. The first-order chi connectivity index (χ1) is 32.4. The van der Waals surface area contributed by atoms with Crippen LogP contribution in [-0.4, -0.2) is 99.5 Å². The predicted octanol–water partition coefficient (Wildman–Crippen LogP) is 10.2. The van der Waals surface area contributed by atoms with Gasteiger partial charge >= 0.3 is 36.2 Å². The van der Waals surface area contributed by atoms with Crippen LogP contribution in [0.5, 0.6) is 0 Å². The highest BCUT2D eigenvalue weighted by Gasteiger charge is 2.23. The molecule has 0 aliphatic carbocycles. The monoisotopic (exact) mass is 1010 g/mol. The van der Waals surface area contributed by atoms with Crippen LogP contribution in [-0.2, 0) is 28.4 Å². The summed E-state index contributed by atoms with van der Waals surface area (Å²) < 4.78 is 29.3. The molecule has 4 aromatic carbocycles. The number of rotatable bonds is 7. The molecule has 0 radical (unpaired) electrons. The van der Waals surface area contributed by atoms with Gasteiger partial charge in [0, 0.05) is 49.3 Å². The smallest absolute Gasteiger partial charge is 0.414 e. The number of amides is 4. The van der Waals surface area contributed by atoms with Gasteiger partial charge in [-0.3, -0.25) is 25.1 Å². The van der Waals surface area contributed by atoms with Gasteiger partial charge in [0.05, 0.1) is 44.1 Å². The molecule has 0 saturated carbocycles. The van der Waals surface area contributed by atoms with Crippen LogP contribution < -0.4 is 32.5 Å². The van der Waals surface area contributed by atoms with E-state index in [0.717, 1.165) is 0 Å². The molecule has 0 unspecified atom stereocenters. The first-order valence-electron chi connectivity index (χ1n) is 21.1. The van der Waals surface area contributed by atoms with Crippen LogP contribution in [0.3, 0.4) is 0 Å². The minimum absolute atomic E-state index is 0. The molecule has 0 atom stereocenters. The zero-order valence-electron chi connectivity index (χ0n) is 43.1. The third kappa shape index (κ3) is 27.7. The molecule has 4 rings (SSSR count). The fourth-order valence-electron chi connectivity index (χ4n) is 4.80. The van der Waals surface area contributed by atoms with Crippen LogP contribution in [0.15, 0.2) is 97.1 Å². The fourth-order valence-corrected chi connectivity index (χ4v) is 4.80. The number of methoxy groups -OCH3 is 3. The number of ether oxygens (including phenoxy) is 6. The summed E-state index contributed by atoms with van der Waals surface area (Å²) in [5.74, 6) is -1.90. The lowest BCUT2D eigenvalue weighted by Gasteiger charge is -2.24. The maximum atomic E-state index is 11.9. The molecule has 21 heteroatoms. The van der Waals surface area contributed by atoms with Crippen molar-refractivity contribution in [3.05, 3.63) is 119 Å². The van der Waals surface area contributed by atoms with E-state index in [9.17, 15) is 33.6 Å². The summed E-state index contributed by atoms with van der Waals surface area (Å²) in [5, 5.41) is 18.4. The molecule has 0 aliphatic heterocycles. The Balaban J connectivity index is -0.000000869. The molecule has 21 nitrogen and oxygen atoms in total. The van der Waals surface area contributed by atoms with E-state index in [4.69, 9.17) is 30.4 Å². The largest absolute Gasteiger partial charge is 0.465 e. The lowest BCUT2D eigenvalue weighted by Crippen LogP contribution is -2.34. The summed E-state index contributed by atoms with van der Waals surface area (Å²) in [4.78, 5) is 82.8. The van der Waals surface area contributed by atoms with Gasteiger partial charge in [0.2, 0.25) is 0 Å². The summed E-state index contributed by atoms with van der Waals surface area (Å²) in [6.07, 6.45) is -1.56. The van der Waals surface area contributed by atoms with Gasteiger partial charge in [-0.2, -0.15) is 5.26 Å². The first-order valence-corrected chi connectivity index (χ1v) is 21.1. The van der Waals surface area contributed by atoms with Crippen molar-refractivity contribution in [2.24, 2.45) is 0 Å². The van der Waals surface area contributed by atoms with Crippen LogP contribution in [0, 0.1) is 11.3 Å². The highest BCUT2D eigenvalue weighted by Crippen LogP contribution is 2.20. The lowest BCUT2D eigenvalue weighted by atomic mass is 10.2. The Kier molecular flexibility index (Phi) is 30.8. The molecule has 4 aromatic rings. The number of carbonyl (C=O) groups excluding carboxylic acids is 7. The highest BCUT2D eigenvalue weighted by atomic mass is 16.6. The molecular formula is C51H73N7O14. The second-order valence-corrected chi connectivity index (χ2v) is 17.2. The molecule has 8 N–H and O–H groups in total. The molecule has 0 fully saturated rings. The minimum Gasteiger partial charge on any atom is -0.465 e. The van der Waals surface area contributed by atoms with Gasteiger partial charge in [-0.15, -0.1) is 0 Å². The van der Waals surface area contributed by atoms with E-state index < -0.39 is 52.9 Å². The van der Waals surface area contributed by atoms with Crippen molar-refractivity contribution in [1.29, 1.82) is 5.26 Å². The van der Waals surface area contributed by atoms with E-state index in [-0.39, 0.29) is 25.1 Å². The molecule has 0 aromatic heterocycles. The SMILES string of the molecule is C.CC#N.CN(C(=O)OC(C)(C)C)c1cccc(C(=O)NO)c1.COC(=O)c1cccc(N(C)C(=O)OC(C)(C)C)c1.COC(=O)c1cccc(N)c1.COC(=O)c1cccc(NC(=O)OC(C)(C)C)c1.N. The number of nitrogen functional groups attached to an aromatic ring is 1. The molecule has 0 saturated heterocycles. The molecule has 0 aliphatic rings. The van der Waals surface area contributed by atoms with Crippen LogP contribution in [0.25, 0.3) is 0 Å². The van der Waals surface area contributed by atoms with E-state index in [2.05, 4.69) is 19.5 Å². The highest BCUT2D eigenvalue weighted by molar-refractivity contribution is 5.96. The van der Waals surface area contributed by atoms with Crippen molar-refractivity contribution >= 4 is 64.8 Å². The number of hydrogen-bond donors (Lipinski definition) is 5. The normalized spacial score (nSPS) is 9.88. The number of hydroxylamine groups is 1. The Bertz CT molecular complexity index is 2330. The Hall–Kier alpha value is -8.22. The third-order valence-electron chi connectivity index (χ3n) is 7.82. The fraction of sp³-hybridized carbons (Fsp3) is 0.373. The quantitative estimate of drug-likeness (QED) is 0.0378. The molecular weight excluding hydrogens is 935 g/mol. The van der Waals surface area contributed by atoms with Crippen molar-refractivity contribution in [2.75, 3.05) is 56.3 Å². The van der Waals surface area contributed by atoms with Crippen LogP contribution in [0.4, 0.5) is 37.1 Å². The number of nitrogens with two attached hydrogens (primary N) is 1. The number of esters is 3. The molecule has 4 amide bonds. The topological polar surface area (TPSA) is 310 Å². The summed E-state index contributed by atoms with van der Waals surface area (Å²) in [6.45, 7) is 17.5. The zero-order valence-corrected chi connectivity index (χ0v) is 43.1. The average molecular weight is 1010 g/mol. The Morgan fingerprint density at radius 3 is 1.26 bits per heavy atom. The van der Waals surface area contributed by atoms with Crippen molar-refractivity contribution in [3.63, 3.8) is 0 Å². The van der Waals surface area contributed by atoms with Gasteiger partial charge in [-0.05, 0) is 135 Å². The van der Waals surface area contributed by atoms with E-state index in [1.807, 2.05) is 0 Å². The number of nitrogens with zero attached hydrogens (tertiary/aromatic N) is 3.